The average molecular weight is 422 g/mol. The molecule has 0 radical (unpaired) electrons. The quantitative estimate of drug-likeness (QED) is 0.646. The van der Waals surface area contributed by atoms with E-state index >= 15 is 0 Å². The summed E-state index contributed by atoms with van der Waals surface area (Å²) in [7, 11) is 1.66. The molecule has 8 nitrogen and oxygen atoms in total. The highest BCUT2D eigenvalue weighted by Gasteiger charge is 2.33. The summed E-state index contributed by atoms with van der Waals surface area (Å²) < 4.78 is 16.0. The first kappa shape index (κ1) is 20.9. The second kappa shape index (κ2) is 9.18. The van der Waals surface area contributed by atoms with Crippen molar-refractivity contribution in [2.45, 2.75) is 31.9 Å². The van der Waals surface area contributed by atoms with E-state index in [1.165, 1.54) is 0 Å². The Morgan fingerprint density at radius 3 is 2.65 bits per heavy atom. The van der Waals surface area contributed by atoms with Crippen LogP contribution in [0.3, 0.4) is 0 Å². The molecule has 1 aliphatic rings. The summed E-state index contributed by atoms with van der Waals surface area (Å²) >= 11 is 0. The number of anilines is 1. The average Bonchev–Trinajstić information content (AvgIpc) is 3.25. The fourth-order valence-electron chi connectivity index (χ4n) is 4.14. The van der Waals surface area contributed by atoms with E-state index in [0.29, 0.717) is 19.6 Å². The largest absolute Gasteiger partial charge is 0.497 e. The van der Waals surface area contributed by atoms with Crippen molar-refractivity contribution >= 4 is 11.7 Å². The molecule has 0 spiro atoms. The van der Waals surface area contributed by atoms with Crippen LogP contribution < -0.4 is 10.5 Å². The first-order valence-electron chi connectivity index (χ1n) is 10.4. The number of aromatic nitrogens is 2. The fraction of sp³-hybridized carbons (Fsp3) is 0.348. The molecule has 31 heavy (non-hydrogen) atoms. The van der Waals surface area contributed by atoms with E-state index in [1.54, 1.807) is 12.0 Å². The zero-order chi connectivity index (χ0) is 21.8. The molecule has 1 amide bonds. The molecule has 1 saturated heterocycles. The van der Waals surface area contributed by atoms with Crippen molar-refractivity contribution in [2.75, 3.05) is 26.0 Å². The van der Waals surface area contributed by atoms with Gasteiger partial charge in [0.25, 0.3) is 5.91 Å². The van der Waals surface area contributed by atoms with Crippen LogP contribution in [0.1, 0.15) is 41.9 Å². The third-order valence-corrected chi connectivity index (χ3v) is 5.72. The molecule has 1 aromatic heterocycles. The van der Waals surface area contributed by atoms with Gasteiger partial charge >= 0.3 is 0 Å². The predicted octanol–water partition coefficient (Wildman–Crippen LogP) is 3.71. The van der Waals surface area contributed by atoms with Gasteiger partial charge in [-0.15, -0.1) is 0 Å². The summed E-state index contributed by atoms with van der Waals surface area (Å²) in [5, 5.41) is 7.21. The van der Waals surface area contributed by atoms with Gasteiger partial charge < -0.3 is 20.1 Å². The molecule has 2 atom stereocenters. The molecule has 162 valence electrons. The summed E-state index contributed by atoms with van der Waals surface area (Å²) in [4.78, 5) is 14.8. The van der Waals surface area contributed by atoms with Crippen LogP contribution in [0.5, 0.6) is 5.75 Å². The van der Waals surface area contributed by atoms with Gasteiger partial charge in [-0.2, -0.15) is 0 Å². The standard InChI is InChI=1S/C23H26N4O4/c1-3-27(23(28)21-22(24)26-31-25-21)16-12-13-30-20(14-16)19-7-5-4-6-18(19)15-8-10-17(29-2)11-9-15/h4-11,16,20H,3,12-14H2,1-2H3,(H2,24,26)/t16-,20+/m0/s1. The molecule has 0 aliphatic carbocycles. The Morgan fingerprint density at radius 2 is 1.97 bits per heavy atom. The first-order chi connectivity index (χ1) is 15.1. The van der Waals surface area contributed by atoms with Crippen LogP contribution >= 0.6 is 0 Å². The minimum Gasteiger partial charge on any atom is -0.497 e. The molecular weight excluding hydrogens is 396 g/mol. The highest BCUT2D eigenvalue weighted by molar-refractivity contribution is 5.96. The Hall–Kier alpha value is -3.39. The maximum Gasteiger partial charge on any atom is 0.280 e. The minimum absolute atomic E-state index is 0.00345. The van der Waals surface area contributed by atoms with Crippen LogP contribution in [0, 0.1) is 0 Å². The van der Waals surface area contributed by atoms with Crippen LogP contribution in [0.2, 0.25) is 0 Å². The molecule has 4 rings (SSSR count). The summed E-state index contributed by atoms with van der Waals surface area (Å²) in [6, 6.07) is 16.2. The molecule has 0 unspecified atom stereocenters. The van der Waals surface area contributed by atoms with Gasteiger partial charge in [-0.3, -0.25) is 4.79 Å². The predicted molar refractivity (Wildman–Crippen MR) is 116 cm³/mol. The number of hydrogen-bond donors (Lipinski definition) is 1. The molecule has 1 fully saturated rings. The summed E-state index contributed by atoms with van der Waals surface area (Å²) in [5.41, 5.74) is 9.09. The normalized spacial score (nSPS) is 18.5. The SMILES string of the molecule is CCN(C(=O)c1nonc1N)[C@H]1CCO[C@@H](c2ccccc2-c2ccc(OC)cc2)C1. The molecule has 1 aliphatic heterocycles. The highest BCUT2D eigenvalue weighted by atomic mass is 16.6. The number of hydrogen-bond acceptors (Lipinski definition) is 7. The third-order valence-electron chi connectivity index (χ3n) is 5.72. The number of amides is 1. The maximum atomic E-state index is 13.0. The molecule has 2 heterocycles. The van der Waals surface area contributed by atoms with E-state index in [2.05, 4.69) is 27.1 Å². The van der Waals surface area contributed by atoms with Gasteiger partial charge in [-0.05, 0) is 58.9 Å². The second-order valence-electron chi connectivity index (χ2n) is 7.44. The number of nitrogens with two attached hydrogens (primary N) is 1. The molecular formula is C23H26N4O4. The number of carbonyl (C=O) groups is 1. The van der Waals surface area contributed by atoms with Crippen molar-refractivity contribution in [2.24, 2.45) is 0 Å². The lowest BCUT2D eigenvalue weighted by atomic mass is 9.90. The Kier molecular flexibility index (Phi) is 6.18. The van der Waals surface area contributed by atoms with Crippen molar-refractivity contribution in [3.8, 4) is 16.9 Å². The Bertz CT molecular complexity index is 1030. The number of ether oxygens (including phenoxy) is 2. The number of rotatable bonds is 6. The van der Waals surface area contributed by atoms with Crippen molar-refractivity contribution < 1.29 is 18.9 Å². The van der Waals surface area contributed by atoms with Gasteiger partial charge in [0.05, 0.1) is 13.2 Å². The van der Waals surface area contributed by atoms with Crippen LogP contribution in [0.4, 0.5) is 5.82 Å². The van der Waals surface area contributed by atoms with E-state index < -0.39 is 0 Å². The van der Waals surface area contributed by atoms with Crippen LogP contribution in [-0.4, -0.2) is 47.4 Å². The van der Waals surface area contributed by atoms with Gasteiger partial charge in [0.2, 0.25) is 11.5 Å². The summed E-state index contributed by atoms with van der Waals surface area (Å²) in [6.45, 7) is 3.03. The Labute approximate surface area is 180 Å². The van der Waals surface area contributed by atoms with Gasteiger partial charge in [-0.1, -0.05) is 36.4 Å². The Morgan fingerprint density at radius 1 is 1.19 bits per heavy atom. The van der Waals surface area contributed by atoms with E-state index in [0.717, 1.165) is 28.9 Å². The Balaban J connectivity index is 1.59. The van der Waals surface area contributed by atoms with Crippen molar-refractivity contribution in [1.29, 1.82) is 0 Å². The van der Waals surface area contributed by atoms with E-state index in [9.17, 15) is 4.79 Å². The van der Waals surface area contributed by atoms with E-state index in [-0.39, 0.29) is 29.6 Å². The van der Waals surface area contributed by atoms with Gasteiger partial charge in [0.15, 0.2) is 0 Å². The van der Waals surface area contributed by atoms with Crippen molar-refractivity contribution in [3.05, 3.63) is 59.8 Å². The van der Waals surface area contributed by atoms with Gasteiger partial charge in [-0.25, -0.2) is 4.63 Å². The van der Waals surface area contributed by atoms with Gasteiger partial charge in [0, 0.05) is 19.2 Å². The van der Waals surface area contributed by atoms with Crippen LogP contribution in [0.25, 0.3) is 11.1 Å². The molecule has 0 saturated carbocycles. The van der Waals surface area contributed by atoms with Crippen LogP contribution in [-0.2, 0) is 4.74 Å². The molecule has 2 aromatic carbocycles. The van der Waals surface area contributed by atoms with E-state index in [4.69, 9.17) is 15.2 Å². The molecule has 3 aromatic rings. The smallest absolute Gasteiger partial charge is 0.280 e. The lowest BCUT2D eigenvalue weighted by Gasteiger charge is -2.37. The zero-order valence-electron chi connectivity index (χ0n) is 17.7. The highest BCUT2D eigenvalue weighted by Crippen LogP contribution is 2.37. The molecule has 8 heteroatoms. The van der Waals surface area contributed by atoms with Crippen molar-refractivity contribution in [3.63, 3.8) is 0 Å². The molecule has 0 bridgehead atoms. The maximum absolute atomic E-state index is 13.0. The lowest BCUT2D eigenvalue weighted by Crippen LogP contribution is -2.44. The van der Waals surface area contributed by atoms with Crippen LogP contribution in [0.15, 0.2) is 53.2 Å². The molecule has 2 N–H and O–H groups in total. The third kappa shape index (κ3) is 4.25. The summed E-state index contributed by atoms with van der Waals surface area (Å²) in [6.07, 6.45) is 1.29. The number of nitrogen functional groups attached to an aromatic ring is 1. The minimum atomic E-state index is -0.268. The number of nitrogens with zero attached hydrogens (tertiary/aromatic N) is 3. The van der Waals surface area contributed by atoms with Gasteiger partial charge in [0.1, 0.15) is 5.75 Å². The summed E-state index contributed by atoms with van der Waals surface area (Å²) in [5.74, 6) is 0.557. The van der Waals surface area contributed by atoms with E-state index in [1.807, 2.05) is 43.3 Å². The zero-order valence-corrected chi connectivity index (χ0v) is 17.7. The topological polar surface area (TPSA) is 104 Å². The van der Waals surface area contributed by atoms with Crippen molar-refractivity contribution in [1.82, 2.24) is 15.2 Å². The first-order valence-corrected chi connectivity index (χ1v) is 10.4. The fourth-order valence-corrected chi connectivity index (χ4v) is 4.14. The number of methoxy groups -OCH3 is 1. The monoisotopic (exact) mass is 422 g/mol. The lowest BCUT2D eigenvalue weighted by molar-refractivity contribution is -0.0230. The second-order valence-corrected chi connectivity index (χ2v) is 7.44. The number of benzene rings is 2. The number of carbonyl (C=O) groups excluding carboxylic acids is 1.